The molecule has 0 aliphatic heterocycles. The molecule has 1 aromatic heterocycles. The number of benzene rings is 1. The largest absolute Gasteiger partial charge is 0.331 e. The zero-order chi connectivity index (χ0) is 14.0. The van der Waals surface area contributed by atoms with E-state index in [0.717, 1.165) is 5.52 Å². The van der Waals surface area contributed by atoms with Crippen molar-refractivity contribution in [1.29, 1.82) is 0 Å². The van der Waals surface area contributed by atoms with Crippen LogP contribution in [0.2, 0.25) is 0 Å². The Morgan fingerprint density at radius 3 is 2.11 bits per heavy atom. The van der Waals surface area contributed by atoms with Gasteiger partial charge in [-0.15, -0.1) is 0 Å². The molecule has 0 N–H and O–H groups in total. The predicted octanol–water partition coefficient (Wildman–Crippen LogP) is 4.65. The SMILES string of the molecule is CC.Cc1cc(C)c2nc(C(C)C)n(C)c2c1C. The van der Waals surface area contributed by atoms with Crippen LogP contribution in [0.1, 0.15) is 56.1 Å². The van der Waals surface area contributed by atoms with Crippen molar-refractivity contribution in [2.24, 2.45) is 7.05 Å². The second kappa shape index (κ2) is 5.55. The zero-order valence-corrected chi connectivity index (χ0v) is 13.0. The van der Waals surface area contributed by atoms with Gasteiger partial charge in [-0.1, -0.05) is 33.8 Å². The van der Waals surface area contributed by atoms with Crippen LogP contribution in [0.4, 0.5) is 0 Å². The van der Waals surface area contributed by atoms with Crippen LogP contribution in [0.15, 0.2) is 6.07 Å². The molecule has 18 heavy (non-hydrogen) atoms. The van der Waals surface area contributed by atoms with Crippen LogP contribution in [0, 0.1) is 20.8 Å². The van der Waals surface area contributed by atoms with Crippen molar-refractivity contribution in [3.63, 3.8) is 0 Å². The van der Waals surface area contributed by atoms with Crippen molar-refractivity contribution in [3.05, 3.63) is 28.6 Å². The number of rotatable bonds is 1. The molecule has 100 valence electrons. The second-order valence-corrected chi connectivity index (χ2v) is 5.02. The summed E-state index contributed by atoms with van der Waals surface area (Å²) in [5.41, 5.74) is 6.43. The van der Waals surface area contributed by atoms with E-state index in [-0.39, 0.29) is 0 Å². The Bertz CT molecular complexity index is 548. The molecule has 2 rings (SSSR count). The molecule has 2 heteroatoms. The van der Waals surface area contributed by atoms with Crippen molar-refractivity contribution in [2.75, 3.05) is 0 Å². The van der Waals surface area contributed by atoms with Gasteiger partial charge >= 0.3 is 0 Å². The first-order valence-electron chi connectivity index (χ1n) is 6.86. The lowest BCUT2D eigenvalue weighted by Crippen LogP contribution is -2.00. The maximum absolute atomic E-state index is 4.78. The molecule has 1 aromatic carbocycles. The van der Waals surface area contributed by atoms with E-state index in [1.807, 2.05) is 13.8 Å². The fourth-order valence-corrected chi connectivity index (χ4v) is 2.42. The zero-order valence-electron chi connectivity index (χ0n) is 13.0. The number of fused-ring (bicyclic) bond motifs is 1. The number of hydrogen-bond acceptors (Lipinski definition) is 1. The Hall–Kier alpha value is -1.31. The topological polar surface area (TPSA) is 17.8 Å². The number of imidazole rings is 1. The van der Waals surface area contributed by atoms with Crippen molar-refractivity contribution >= 4 is 11.0 Å². The van der Waals surface area contributed by atoms with Gasteiger partial charge in [-0.3, -0.25) is 0 Å². The highest BCUT2D eigenvalue weighted by Gasteiger charge is 2.15. The van der Waals surface area contributed by atoms with Gasteiger partial charge in [0.05, 0.1) is 11.0 Å². The number of nitrogens with zero attached hydrogens (tertiary/aromatic N) is 2. The lowest BCUT2D eigenvalue weighted by atomic mass is 10.0. The van der Waals surface area contributed by atoms with Crippen LogP contribution >= 0.6 is 0 Å². The molecule has 0 aliphatic carbocycles. The Labute approximate surface area is 111 Å². The van der Waals surface area contributed by atoms with Gasteiger partial charge in [-0.05, 0) is 37.5 Å². The Morgan fingerprint density at radius 1 is 1.06 bits per heavy atom. The smallest absolute Gasteiger partial charge is 0.112 e. The van der Waals surface area contributed by atoms with Crippen LogP contribution in [0.5, 0.6) is 0 Å². The number of hydrogen-bond donors (Lipinski definition) is 0. The summed E-state index contributed by atoms with van der Waals surface area (Å²) >= 11 is 0. The quantitative estimate of drug-likeness (QED) is 0.716. The van der Waals surface area contributed by atoms with Gasteiger partial charge < -0.3 is 4.57 Å². The van der Waals surface area contributed by atoms with Crippen LogP contribution in [-0.4, -0.2) is 9.55 Å². The van der Waals surface area contributed by atoms with Crippen molar-refractivity contribution in [2.45, 2.75) is 54.4 Å². The molecule has 0 aliphatic rings. The summed E-state index contributed by atoms with van der Waals surface area (Å²) in [4.78, 5) is 4.78. The predicted molar refractivity (Wildman–Crippen MR) is 80.4 cm³/mol. The summed E-state index contributed by atoms with van der Waals surface area (Å²) in [5.74, 6) is 1.64. The highest BCUT2D eigenvalue weighted by Crippen LogP contribution is 2.27. The number of aromatic nitrogens is 2. The monoisotopic (exact) mass is 246 g/mol. The van der Waals surface area contributed by atoms with Gasteiger partial charge in [0.1, 0.15) is 5.82 Å². The Kier molecular flexibility index (Phi) is 4.55. The van der Waals surface area contributed by atoms with Crippen molar-refractivity contribution < 1.29 is 0 Å². The van der Waals surface area contributed by atoms with E-state index in [2.05, 4.69) is 52.3 Å². The first-order chi connectivity index (χ1) is 8.43. The standard InChI is InChI=1S/C14H20N2.C2H6/c1-8(2)14-15-12-10(4)7-9(3)11(5)13(12)16(14)6;1-2/h7-8H,1-6H3;1-2H3. The van der Waals surface area contributed by atoms with Gasteiger partial charge in [-0.25, -0.2) is 4.98 Å². The highest BCUT2D eigenvalue weighted by atomic mass is 15.1. The van der Waals surface area contributed by atoms with Gasteiger partial charge in [0, 0.05) is 13.0 Å². The Morgan fingerprint density at radius 2 is 1.61 bits per heavy atom. The molecule has 0 radical (unpaired) electrons. The third-order valence-electron chi connectivity index (χ3n) is 3.40. The van der Waals surface area contributed by atoms with E-state index in [4.69, 9.17) is 4.98 Å². The van der Waals surface area contributed by atoms with Crippen LogP contribution in [0.3, 0.4) is 0 Å². The normalized spacial score (nSPS) is 10.7. The first kappa shape index (κ1) is 14.7. The van der Waals surface area contributed by atoms with Crippen LogP contribution < -0.4 is 0 Å². The molecule has 2 aromatic rings. The molecular formula is C16H26N2. The summed E-state index contributed by atoms with van der Waals surface area (Å²) in [6.07, 6.45) is 0. The van der Waals surface area contributed by atoms with Gasteiger partial charge in [0.15, 0.2) is 0 Å². The Balaban J connectivity index is 0.000000771. The summed E-state index contributed by atoms with van der Waals surface area (Å²) in [7, 11) is 2.12. The molecule has 0 amide bonds. The lowest BCUT2D eigenvalue weighted by Gasteiger charge is -2.08. The summed E-state index contributed by atoms with van der Waals surface area (Å²) < 4.78 is 2.25. The third kappa shape index (κ3) is 2.29. The maximum Gasteiger partial charge on any atom is 0.112 e. The molecule has 1 heterocycles. The van der Waals surface area contributed by atoms with E-state index < -0.39 is 0 Å². The van der Waals surface area contributed by atoms with Crippen molar-refractivity contribution in [3.8, 4) is 0 Å². The van der Waals surface area contributed by atoms with E-state index >= 15 is 0 Å². The average molecular weight is 246 g/mol. The van der Waals surface area contributed by atoms with E-state index in [9.17, 15) is 0 Å². The molecule has 0 unspecified atom stereocenters. The molecule has 0 atom stereocenters. The van der Waals surface area contributed by atoms with Gasteiger partial charge in [0.25, 0.3) is 0 Å². The first-order valence-corrected chi connectivity index (χ1v) is 6.86. The molecular weight excluding hydrogens is 220 g/mol. The van der Waals surface area contributed by atoms with Crippen LogP contribution in [-0.2, 0) is 7.05 Å². The third-order valence-corrected chi connectivity index (χ3v) is 3.40. The molecule has 0 bridgehead atoms. The fraction of sp³-hybridized carbons (Fsp3) is 0.562. The van der Waals surface area contributed by atoms with Gasteiger partial charge in [-0.2, -0.15) is 0 Å². The lowest BCUT2D eigenvalue weighted by molar-refractivity contribution is 0.721. The molecule has 0 spiro atoms. The van der Waals surface area contributed by atoms with Crippen molar-refractivity contribution in [1.82, 2.24) is 9.55 Å². The average Bonchev–Trinajstić information content (AvgIpc) is 2.68. The van der Waals surface area contributed by atoms with E-state index in [0.29, 0.717) is 5.92 Å². The van der Waals surface area contributed by atoms with Crippen LogP contribution in [0.25, 0.3) is 11.0 Å². The molecule has 0 saturated heterocycles. The van der Waals surface area contributed by atoms with E-state index in [1.165, 1.54) is 28.0 Å². The minimum Gasteiger partial charge on any atom is -0.331 e. The maximum atomic E-state index is 4.78. The molecule has 2 nitrogen and oxygen atoms in total. The van der Waals surface area contributed by atoms with E-state index in [1.54, 1.807) is 0 Å². The second-order valence-electron chi connectivity index (χ2n) is 5.02. The fourth-order valence-electron chi connectivity index (χ4n) is 2.42. The highest BCUT2D eigenvalue weighted by molar-refractivity contribution is 5.84. The summed E-state index contributed by atoms with van der Waals surface area (Å²) in [6, 6.07) is 2.23. The minimum atomic E-state index is 0.469. The summed E-state index contributed by atoms with van der Waals surface area (Å²) in [6.45, 7) is 14.9. The van der Waals surface area contributed by atoms with Gasteiger partial charge in [0.2, 0.25) is 0 Å². The molecule has 0 saturated carbocycles. The molecule has 0 fully saturated rings. The summed E-state index contributed by atoms with van der Waals surface area (Å²) in [5, 5.41) is 0. The minimum absolute atomic E-state index is 0.469. The number of aryl methyl sites for hydroxylation is 4.